The molecule has 23 heavy (non-hydrogen) atoms. The maximum absolute atomic E-state index is 11.9. The Kier molecular flexibility index (Phi) is 6.32. The number of halogens is 1. The number of nitrogens with one attached hydrogen (secondary N) is 2. The molecule has 2 N–H and O–H groups in total. The first-order valence-electron chi connectivity index (χ1n) is 7.15. The van der Waals surface area contributed by atoms with E-state index in [1.807, 2.05) is 55.5 Å². The van der Waals surface area contributed by atoms with Gasteiger partial charge in [0.1, 0.15) is 0 Å². The molecule has 0 aliphatic heterocycles. The van der Waals surface area contributed by atoms with Crippen LogP contribution in [-0.4, -0.2) is 11.0 Å². The van der Waals surface area contributed by atoms with Gasteiger partial charge in [-0.25, -0.2) is 0 Å². The Labute approximate surface area is 146 Å². The minimum Gasteiger partial charge on any atom is -0.356 e. The van der Waals surface area contributed by atoms with E-state index in [2.05, 4.69) is 10.6 Å². The van der Waals surface area contributed by atoms with Crippen LogP contribution in [0.3, 0.4) is 0 Å². The molecule has 2 rings (SSSR count). The van der Waals surface area contributed by atoms with Crippen molar-refractivity contribution >= 4 is 40.9 Å². The van der Waals surface area contributed by atoms with Crippen LogP contribution in [0.15, 0.2) is 60.7 Å². The number of carbonyl (C=O) groups is 1. The molecule has 2 aromatic rings. The molecule has 0 aromatic heterocycles. The van der Waals surface area contributed by atoms with Gasteiger partial charge in [0, 0.05) is 11.1 Å². The highest BCUT2D eigenvalue weighted by Gasteiger charge is 2.07. The van der Waals surface area contributed by atoms with Gasteiger partial charge < -0.3 is 5.32 Å². The third-order valence-corrected chi connectivity index (χ3v) is 3.77. The molecule has 5 heteroatoms. The normalized spacial score (nSPS) is 11.9. The highest BCUT2D eigenvalue weighted by atomic mass is 35.5. The molecular formula is C18H17ClN2OS. The molecule has 118 valence electrons. The van der Waals surface area contributed by atoms with E-state index in [9.17, 15) is 4.79 Å². The molecule has 0 radical (unpaired) electrons. The number of hydrogen-bond acceptors (Lipinski definition) is 2. The molecule has 2 aromatic carbocycles. The third-order valence-electron chi connectivity index (χ3n) is 3.20. The lowest BCUT2D eigenvalue weighted by Crippen LogP contribution is -2.39. The number of thiocarbonyl (C=S) groups is 1. The monoisotopic (exact) mass is 344 g/mol. The van der Waals surface area contributed by atoms with Gasteiger partial charge in [-0.1, -0.05) is 60.1 Å². The predicted molar refractivity (Wildman–Crippen MR) is 99.2 cm³/mol. The van der Waals surface area contributed by atoms with Crippen LogP contribution >= 0.6 is 23.8 Å². The SMILES string of the molecule is C[C@H](NC(=S)NC(=O)/C=C/c1ccccc1Cl)c1ccccc1. The molecule has 1 atom stereocenters. The first kappa shape index (κ1) is 17.2. The lowest BCUT2D eigenvalue weighted by Gasteiger charge is -2.16. The van der Waals surface area contributed by atoms with Crippen molar-refractivity contribution in [3.05, 3.63) is 76.8 Å². The average Bonchev–Trinajstić information content (AvgIpc) is 2.54. The van der Waals surface area contributed by atoms with Crippen LogP contribution in [0.2, 0.25) is 5.02 Å². The van der Waals surface area contributed by atoms with E-state index >= 15 is 0 Å². The van der Waals surface area contributed by atoms with Crippen molar-refractivity contribution in [3.63, 3.8) is 0 Å². The Morgan fingerprint density at radius 3 is 2.48 bits per heavy atom. The molecule has 3 nitrogen and oxygen atoms in total. The zero-order valence-corrected chi connectivity index (χ0v) is 14.2. The number of hydrogen-bond donors (Lipinski definition) is 2. The fraction of sp³-hybridized carbons (Fsp3) is 0.111. The van der Waals surface area contributed by atoms with Gasteiger partial charge in [0.05, 0.1) is 6.04 Å². The van der Waals surface area contributed by atoms with Crippen molar-refractivity contribution in [2.24, 2.45) is 0 Å². The van der Waals surface area contributed by atoms with Gasteiger partial charge in [0.15, 0.2) is 5.11 Å². The Hall–Kier alpha value is -2.17. The molecule has 0 aliphatic carbocycles. The van der Waals surface area contributed by atoms with Crippen LogP contribution in [0, 0.1) is 0 Å². The average molecular weight is 345 g/mol. The molecule has 0 spiro atoms. The van der Waals surface area contributed by atoms with Crippen LogP contribution < -0.4 is 10.6 Å². The summed E-state index contributed by atoms with van der Waals surface area (Å²) in [5.74, 6) is -0.303. The quantitative estimate of drug-likeness (QED) is 0.648. The second-order valence-electron chi connectivity index (χ2n) is 4.95. The van der Waals surface area contributed by atoms with Gasteiger partial charge >= 0.3 is 0 Å². The minimum absolute atomic E-state index is 0.0107. The Balaban J connectivity index is 1.88. The highest BCUT2D eigenvalue weighted by molar-refractivity contribution is 7.80. The maximum Gasteiger partial charge on any atom is 0.250 e. The second-order valence-corrected chi connectivity index (χ2v) is 5.77. The number of benzene rings is 2. The second kappa shape index (κ2) is 8.46. The van der Waals surface area contributed by atoms with Crippen LogP contribution in [0.5, 0.6) is 0 Å². The Morgan fingerprint density at radius 2 is 1.78 bits per heavy atom. The molecule has 0 unspecified atom stereocenters. The lowest BCUT2D eigenvalue weighted by atomic mass is 10.1. The Morgan fingerprint density at radius 1 is 1.13 bits per heavy atom. The summed E-state index contributed by atoms with van der Waals surface area (Å²) >= 11 is 11.2. The molecule has 0 saturated carbocycles. The van der Waals surface area contributed by atoms with E-state index in [0.29, 0.717) is 5.02 Å². The van der Waals surface area contributed by atoms with E-state index in [1.165, 1.54) is 6.08 Å². The summed E-state index contributed by atoms with van der Waals surface area (Å²) in [7, 11) is 0. The zero-order valence-electron chi connectivity index (χ0n) is 12.6. The van der Waals surface area contributed by atoms with Crippen LogP contribution in [0.1, 0.15) is 24.1 Å². The van der Waals surface area contributed by atoms with Gasteiger partial charge in [-0.05, 0) is 42.4 Å². The number of rotatable bonds is 4. The first-order valence-corrected chi connectivity index (χ1v) is 7.94. The summed E-state index contributed by atoms with van der Waals surface area (Å²) in [6, 6.07) is 17.2. The van der Waals surface area contributed by atoms with E-state index < -0.39 is 0 Å². The summed E-state index contributed by atoms with van der Waals surface area (Å²) in [4.78, 5) is 11.9. The molecule has 0 bridgehead atoms. The van der Waals surface area contributed by atoms with E-state index in [0.717, 1.165) is 11.1 Å². The van der Waals surface area contributed by atoms with E-state index in [-0.39, 0.29) is 17.1 Å². The summed E-state index contributed by atoms with van der Waals surface area (Å²) in [6.07, 6.45) is 3.06. The summed E-state index contributed by atoms with van der Waals surface area (Å²) < 4.78 is 0. The van der Waals surface area contributed by atoms with Crippen LogP contribution in [0.25, 0.3) is 6.08 Å². The molecule has 0 heterocycles. The Bertz CT molecular complexity index is 716. The molecule has 0 aliphatic rings. The summed E-state index contributed by atoms with van der Waals surface area (Å²) in [5.41, 5.74) is 1.87. The highest BCUT2D eigenvalue weighted by Crippen LogP contribution is 2.16. The van der Waals surface area contributed by atoms with Crippen LogP contribution in [-0.2, 0) is 4.79 Å². The van der Waals surface area contributed by atoms with E-state index in [4.69, 9.17) is 23.8 Å². The minimum atomic E-state index is -0.303. The van der Waals surface area contributed by atoms with Crippen molar-refractivity contribution in [3.8, 4) is 0 Å². The van der Waals surface area contributed by atoms with Crippen molar-refractivity contribution in [1.82, 2.24) is 10.6 Å². The largest absolute Gasteiger partial charge is 0.356 e. The van der Waals surface area contributed by atoms with E-state index in [1.54, 1.807) is 12.1 Å². The predicted octanol–water partition coefficient (Wildman–Crippen LogP) is 4.11. The maximum atomic E-state index is 11.9. The molecule has 1 amide bonds. The number of amides is 1. The van der Waals surface area contributed by atoms with Gasteiger partial charge in [-0.3, -0.25) is 10.1 Å². The van der Waals surface area contributed by atoms with Crippen molar-refractivity contribution in [2.45, 2.75) is 13.0 Å². The third kappa shape index (κ3) is 5.51. The number of carbonyl (C=O) groups excluding carboxylic acids is 1. The molecule has 0 fully saturated rings. The van der Waals surface area contributed by atoms with Crippen molar-refractivity contribution in [2.75, 3.05) is 0 Å². The smallest absolute Gasteiger partial charge is 0.250 e. The van der Waals surface area contributed by atoms with Crippen LogP contribution in [0.4, 0.5) is 0 Å². The van der Waals surface area contributed by atoms with Crippen molar-refractivity contribution in [1.29, 1.82) is 0 Å². The summed E-state index contributed by atoms with van der Waals surface area (Å²) in [6.45, 7) is 1.98. The molecular weight excluding hydrogens is 328 g/mol. The van der Waals surface area contributed by atoms with Gasteiger partial charge in [0.2, 0.25) is 5.91 Å². The fourth-order valence-electron chi connectivity index (χ4n) is 1.99. The summed E-state index contributed by atoms with van der Waals surface area (Å²) in [5, 5.41) is 6.58. The van der Waals surface area contributed by atoms with Gasteiger partial charge in [0.25, 0.3) is 0 Å². The van der Waals surface area contributed by atoms with Gasteiger partial charge in [-0.2, -0.15) is 0 Å². The topological polar surface area (TPSA) is 41.1 Å². The first-order chi connectivity index (χ1) is 11.1. The van der Waals surface area contributed by atoms with Crippen molar-refractivity contribution < 1.29 is 4.79 Å². The lowest BCUT2D eigenvalue weighted by molar-refractivity contribution is -0.115. The standard InChI is InChI=1S/C18H17ClN2OS/c1-13(14-7-3-2-4-8-14)20-18(23)21-17(22)12-11-15-9-5-6-10-16(15)19/h2-13H,1H3,(H2,20,21,22,23)/b12-11+/t13-/m0/s1. The zero-order chi connectivity index (χ0) is 16.7. The fourth-order valence-corrected chi connectivity index (χ4v) is 2.46. The van der Waals surface area contributed by atoms with Gasteiger partial charge in [-0.15, -0.1) is 0 Å². The molecule has 0 saturated heterocycles.